The molecule has 0 spiro atoms. The zero-order chi connectivity index (χ0) is 13.9. The summed E-state index contributed by atoms with van der Waals surface area (Å²) in [5.41, 5.74) is 1.55. The minimum absolute atomic E-state index is 0.0225. The molecular weight excluding hydrogens is 254 g/mol. The van der Waals surface area contributed by atoms with Gasteiger partial charge in [0.15, 0.2) is 0 Å². The van der Waals surface area contributed by atoms with Gasteiger partial charge in [-0.2, -0.15) is 0 Å². The lowest BCUT2D eigenvalue weighted by Crippen LogP contribution is -2.42. The lowest BCUT2D eigenvalue weighted by molar-refractivity contribution is 0.0474. The Morgan fingerprint density at radius 2 is 2.30 bits per heavy atom. The number of imidazole rings is 1. The molecule has 5 nitrogen and oxygen atoms in total. The number of hydrogen-bond acceptors (Lipinski definition) is 3. The first kappa shape index (κ1) is 12.9. The molecule has 3 rings (SSSR count). The number of amides is 1. The molecular formula is C15H17N3O2. The van der Waals surface area contributed by atoms with Crippen molar-refractivity contribution < 1.29 is 9.90 Å². The molecule has 1 N–H and O–H groups in total. The fourth-order valence-electron chi connectivity index (χ4n) is 2.53. The number of aromatic nitrogens is 2. The van der Waals surface area contributed by atoms with Gasteiger partial charge < -0.3 is 14.6 Å². The number of hydrogen-bond donors (Lipinski definition) is 1. The number of nitrogens with zero attached hydrogens (tertiary/aromatic N) is 3. The molecule has 0 bridgehead atoms. The Hall–Kier alpha value is -2.14. The van der Waals surface area contributed by atoms with Crippen LogP contribution in [0.1, 0.15) is 23.2 Å². The van der Waals surface area contributed by atoms with Crippen LogP contribution in [-0.4, -0.2) is 44.7 Å². The van der Waals surface area contributed by atoms with Crippen molar-refractivity contribution in [3.05, 3.63) is 48.5 Å². The minimum Gasteiger partial charge on any atom is -0.391 e. The molecule has 1 aliphatic rings. The Bertz CT molecular complexity index is 595. The molecule has 1 aliphatic heterocycles. The van der Waals surface area contributed by atoms with E-state index < -0.39 is 6.10 Å². The molecule has 20 heavy (non-hydrogen) atoms. The number of carbonyl (C=O) groups excluding carboxylic acids is 1. The van der Waals surface area contributed by atoms with Crippen LogP contribution in [0.25, 0.3) is 5.69 Å². The SMILES string of the molecule is O=C(c1cccc(-n2ccnc2)c1)N1CCCC(O)C1. The first-order valence-electron chi connectivity index (χ1n) is 6.80. The van der Waals surface area contributed by atoms with Gasteiger partial charge in [-0.15, -0.1) is 0 Å². The number of likely N-dealkylation sites (tertiary alicyclic amines) is 1. The van der Waals surface area contributed by atoms with E-state index in [1.165, 1.54) is 0 Å². The molecule has 1 saturated heterocycles. The van der Waals surface area contributed by atoms with Gasteiger partial charge in [0, 0.05) is 36.7 Å². The van der Waals surface area contributed by atoms with E-state index in [4.69, 9.17) is 0 Å². The van der Waals surface area contributed by atoms with Crippen molar-refractivity contribution in [2.75, 3.05) is 13.1 Å². The molecule has 0 aliphatic carbocycles. The third-order valence-electron chi connectivity index (χ3n) is 3.58. The van der Waals surface area contributed by atoms with Crippen LogP contribution >= 0.6 is 0 Å². The fraction of sp³-hybridized carbons (Fsp3) is 0.333. The predicted molar refractivity (Wildman–Crippen MR) is 74.7 cm³/mol. The maximum Gasteiger partial charge on any atom is 0.254 e. The van der Waals surface area contributed by atoms with Crippen molar-refractivity contribution in [3.8, 4) is 5.69 Å². The summed E-state index contributed by atoms with van der Waals surface area (Å²) in [5.74, 6) is -0.0225. The average Bonchev–Trinajstić information content (AvgIpc) is 3.01. The quantitative estimate of drug-likeness (QED) is 0.900. The Balaban J connectivity index is 1.83. The number of carbonyl (C=O) groups is 1. The van der Waals surface area contributed by atoms with Crippen molar-refractivity contribution in [1.82, 2.24) is 14.5 Å². The molecule has 1 unspecified atom stereocenters. The highest BCUT2D eigenvalue weighted by Gasteiger charge is 2.23. The molecule has 5 heteroatoms. The molecule has 2 heterocycles. The second kappa shape index (κ2) is 5.46. The number of aliphatic hydroxyl groups excluding tert-OH is 1. The molecule has 1 amide bonds. The summed E-state index contributed by atoms with van der Waals surface area (Å²) in [6.45, 7) is 1.14. The number of aliphatic hydroxyl groups is 1. The first-order valence-corrected chi connectivity index (χ1v) is 6.80. The van der Waals surface area contributed by atoms with Gasteiger partial charge in [0.25, 0.3) is 5.91 Å². The van der Waals surface area contributed by atoms with Crippen molar-refractivity contribution in [2.24, 2.45) is 0 Å². The van der Waals surface area contributed by atoms with E-state index in [-0.39, 0.29) is 5.91 Å². The summed E-state index contributed by atoms with van der Waals surface area (Å²) in [4.78, 5) is 18.2. The molecule has 104 valence electrons. The van der Waals surface area contributed by atoms with E-state index in [0.717, 1.165) is 18.5 Å². The normalized spacial score (nSPS) is 19.1. The smallest absolute Gasteiger partial charge is 0.254 e. The van der Waals surface area contributed by atoms with E-state index >= 15 is 0 Å². The maximum absolute atomic E-state index is 12.5. The number of piperidine rings is 1. The molecule has 2 aromatic rings. The predicted octanol–water partition coefficient (Wildman–Crippen LogP) is 1.47. The monoisotopic (exact) mass is 271 g/mol. The van der Waals surface area contributed by atoms with Gasteiger partial charge in [0.1, 0.15) is 0 Å². The summed E-state index contributed by atoms with van der Waals surface area (Å²) in [6.07, 6.45) is 6.48. The van der Waals surface area contributed by atoms with Gasteiger partial charge in [0.2, 0.25) is 0 Å². The van der Waals surface area contributed by atoms with Gasteiger partial charge in [0.05, 0.1) is 12.4 Å². The second-order valence-corrected chi connectivity index (χ2v) is 5.07. The number of rotatable bonds is 2. The van der Waals surface area contributed by atoms with Crippen molar-refractivity contribution in [2.45, 2.75) is 18.9 Å². The summed E-state index contributed by atoms with van der Waals surface area (Å²) in [5, 5.41) is 9.67. The van der Waals surface area contributed by atoms with Crippen molar-refractivity contribution >= 4 is 5.91 Å². The molecule has 1 aromatic heterocycles. The second-order valence-electron chi connectivity index (χ2n) is 5.07. The standard InChI is InChI=1S/C15H17N3O2/c19-14-5-2-7-17(10-14)15(20)12-3-1-4-13(9-12)18-8-6-16-11-18/h1,3-4,6,8-9,11,14,19H,2,5,7,10H2. The van der Waals surface area contributed by atoms with Gasteiger partial charge in [-0.1, -0.05) is 6.07 Å². The van der Waals surface area contributed by atoms with E-state index in [1.807, 2.05) is 35.0 Å². The van der Waals surface area contributed by atoms with Crippen molar-refractivity contribution in [1.29, 1.82) is 0 Å². The number of benzene rings is 1. The maximum atomic E-state index is 12.5. The van der Waals surface area contributed by atoms with Crippen LogP contribution in [0, 0.1) is 0 Å². The van der Waals surface area contributed by atoms with E-state index in [2.05, 4.69) is 4.98 Å². The zero-order valence-corrected chi connectivity index (χ0v) is 11.1. The van der Waals surface area contributed by atoms with E-state index in [9.17, 15) is 9.90 Å². The van der Waals surface area contributed by atoms with E-state index in [1.54, 1.807) is 17.4 Å². The van der Waals surface area contributed by atoms with E-state index in [0.29, 0.717) is 18.7 Å². The molecule has 0 saturated carbocycles. The Kier molecular flexibility index (Phi) is 3.52. The van der Waals surface area contributed by atoms with Crippen molar-refractivity contribution in [3.63, 3.8) is 0 Å². The van der Waals surface area contributed by atoms with Crippen LogP contribution in [0.3, 0.4) is 0 Å². The topological polar surface area (TPSA) is 58.4 Å². The molecule has 1 atom stereocenters. The highest BCUT2D eigenvalue weighted by Crippen LogP contribution is 2.16. The van der Waals surface area contributed by atoms with Gasteiger partial charge in [-0.3, -0.25) is 4.79 Å². The fourth-order valence-corrected chi connectivity index (χ4v) is 2.53. The Labute approximate surface area is 117 Å². The van der Waals surface area contributed by atoms with Gasteiger partial charge in [-0.25, -0.2) is 4.98 Å². The molecule has 1 fully saturated rings. The molecule has 1 aromatic carbocycles. The third kappa shape index (κ3) is 2.58. The summed E-state index contributed by atoms with van der Waals surface area (Å²) in [6, 6.07) is 7.46. The lowest BCUT2D eigenvalue weighted by atomic mass is 10.1. The highest BCUT2D eigenvalue weighted by atomic mass is 16.3. The molecule has 0 radical (unpaired) electrons. The van der Waals surface area contributed by atoms with Gasteiger partial charge >= 0.3 is 0 Å². The Morgan fingerprint density at radius 1 is 1.40 bits per heavy atom. The van der Waals surface area contributed by atoms with Crippen LogP contribution in [0.5, 0.6) is 0 Å². The van der Waals surface area contributed by atoms with Crippen LogP contribution in [0.2, 0.25) is 0 Å². The summed E-state index contributed by atoms with van der Waals surface area (Å²) in [7, 11) is 0. The zero-order valence-electron chi connectivity index (χ0n) is 11.1. The minimum atomic E-state index is -0.399. The summed E-state index contributed by atoms with van der Waals surface area (Å²) >= 11 is 0. The van der Waals surface area contributed by atoms with Crippen LogP contribution < -0.4 is 0 Å². The average molecular weight is 271 g/mol. The number of β-amino-alcohol motifs (C(OH)–C–C–N with tert-alkyl or cyclic N) is 1. The van der Waals surface area contributed by atoms with Gasteiger partial charge in [-0.05, 0) is 31.0 Å². The first-order chi connectivity index (χ1) is 9.74. The van der Waals surface area contributed by atoms with Crippen LogP contribution in [0.4, 0.5) is 0 Å². The van der Waals surface area contributed by atoms with Crippen LogP contribution in [-0.2, 0) is 0 Å². The third-order valence-corrected chi connectivity index (χ3v) is 3.58. The Morgan fingerprint density at radius 3 is 3.05 bits per heavy atom. The van der Waals surface area contributed by atoms with Crippen LogP contribution in [0.15, 0.2) is 43.0 Å². The lowest BCUT2D eigenvalue weighted by Gasteiger charge is -2.30. The summed E-state index contributed by atoms with van der Waals surface area (Å²) < 4.78 is 1.86. The highest BCUT2D eigenvalue weighted by molar-refractivity contribution is 5.94. The largest absolute Gasteiger partial charge is 0.391 e.